The van der Waals surface area contributed by atoms with Crippen LogP contribution < -0.4 is 0 Å². The van der Waals surface area contributed by atoms with Crippen LogP contribution in [0.25, 0.3) is 5.69 Å². The SMILES string of the molecule is O=C(O)c1nn(-c2ccc([N+](=O)[O-])cc2)cc1Br. The molecular weight excluding hydrogens is 306 g/mol. The van der Waals surface area contributed by atoms with Crippen molar-refractivity contribution in [1.82, 2.24) is 9.78 Å². The van der Waals surface area contributed by atoms with E-state index in [2.05, 4.69) is 21.0 Å². The maximum atomic E-state index is 10.8. The maximum Gasteiger partial charge on any atom is 0.357 e. The lowest BCUT2D eigenvalue weighted by Crippen LogP contribution is -2.01. The fourth-order valence-corrected chi connectivity index (χ4v) is 1.80. The lowest BCUT2D eigenvalue weighted by Gasteiger charge is -1.99. The van der Waals surface area contributed by atoms with Crippen molar-refractivity contribution in [1.29, 1.82) is 0 Å². The van der Waals surface area contributed by atoms with E-state index in [0.29, 0.717) is 10.2 Å². The molecule has 0 atom stereocenters. The van der Waals surface area contributed by atoms with Crippen molar-refractivity contribution in [3.8, 4) is 5.69 Å². The van der Waals surface area contributed by atoms with Gasteiger partial charge >= 0.3 is 5.97 Å². The maximum absolute atomic E-state index is 10.8. The number of aromatic carboxylic acids is 1. The number of carboxylic acid groups (broad SMARTS) is 1. The summed E-state index contributed by atoms with van der Waals surface area (Å²) in [5.74, 6) is -1.15. The molecule has 1 heterocycles. The number of hydrogen-bond acceptors (Lipinski definition) is 4. The van der Waals surface area contributed by atoms with Crippen molar-refractivity contribution < 1.29 is 14.8 Å². The highest BCUT2D eigenvalue weighted by Crippen LogP contribution is 2.19. The molecule has 0 aliphatic rings. The van der Waals surface area contributed by atoms with Gasteiger partial charge in [-0.15, -0.1) is 0 Å². The fourth-order valence-electron chi connectivity index (χ4n) is 1.36. The number of aromatic nitrogens is 2. The zero-order valence-corrected chi connectivity index (χ0v) is 10.4. The second-order valence-electron chi connectivity index (χ2n) is 3.35. The molecule has 0 saturated carbocycles. The summed E-state index contributed by atoms with van der Waals surface area (Å²) in [5.41, 5.74) is 0.380. The number of hydrogen-bond donors (Lipinski definition) is 1. The van der Waals surface area contributed by atoms with E-state index in [1.165, 1.54) is 35.1 Å². The van der Waals surface area contributed by atoms with Crippen LogP contribution in [-0.4, -0.2) is 25.8 Å². The van der Waals surface area contributed by atoms with E-state index >= 15 is 0 Å². The Morgan fingerprint density at radius 3 is 2.44 bits per heavy atom. The van der Waals surface area contributed by atoms with Gasteiger partial charge in [-0.05, 0) is 28.1 Å². The smallest absolute Gasteiger partial charge is 0.357 e. The van der Waals surface area contributed by atoms with Gasteiger partial charge < -0.3 is 5.11 Å². The highest BCUT2D eigenvalue weighted by atomic mass is 79.9. The van der Waals surface area contributed by atoms with Crippen LogP contribution in [0.3, 0.4) is 0 Å². The molecule has 0 aliphatic carbocycles. The number of nitro groups is 1. The molecule has 0 spiro atoms. The number of nitrogens with zero attached hydrogens (tertiary/aromatic N) is 3. The first-order valence-electron chi connectivity index (χ1n) is 4.72. The van der Waals surface area contributed by atoms with Gasteiger partial charge in [0, 0.05) is 18.3 Å². The zero-order valence-electron chi connectivity index (χ0n) is 8.78. The average molecular weight is 312 g/mol. The van der Waals surface area contributed by atoms with E-state index in [0.717, 1.165) is 0 Å². The molecule has 0 fully saturated rings. The summed E-state index contributed by atoms with van der Waals surface area (Å²) in [5, 5.41) is 23.2. The predicted molar refractivity (Wildman–Crippen MR) is 64.9 cm³/mol. The Kier molecular flexibility index (Phi) is 3.11. The van der Waals surface area contributed by atoms with Crippen molar-refractivity contribution in [3.63, 3.8) is 0 Å². The van der Waals surface area contributed by atoms with Crippen molar-refractivity contribution in [2.75, 3.05) is 0 Å². The van der Waals surface area contributed by atoms with Crippen LogP contribution in [0.1, 0.15) is 10.5 Å². The summed E-state index contributed by atoms with van der Waals surface area (Å²) in [4.78, 5) is 20.8. The number of halogens is 1. The van der Waals surface area contributed by atoms with E-state index in [1.54, 1.807) is 0 Å². The van der Waals surface area contributed by atoms with Gasteiger partial charge in [-0.1, -0.05) is 0 Å². The van der Waals surface area contributed by atoms with E-state index in [-0.39, 0.29) is 11.4 Å². The highest BCUT2D eigenvalue weighted by Gasteiger charge is 2.14. The first kappa shape index (κ1) is 12.2. The molecule has 8 heteroatoms. The molecule has 92 valence electrons. The van der Waals surface area contributed by atoms with E-state index in [9.17, 15) is 14.9 Å². The number of non-ortho nitro benzene ring substituents is 1. The van der Waals surface area contributed by atoms with Crippen LogP contribution >= 0.6 is 15.9 Å². The van der Waals surface area contributed by atoms with Gasteiger partial charge in [0.1, 0.15) is 0 Å². The second-order valence-corrected chi connectivity index (χ2v) is 4.20. The Hall–Kier alpha value is -2.22. The molecule has 18 heavy (non-hydrogen) atoms. The summed E-state index contributed by atoms with van der Waals surface area (Å²) in [6, 6.07) is 5.63. The first-order valence-corrected chi connectivity index (χ1v) is 5.51. The number of nitro benzene ring substituents is 1. The normalized spacial score (nSPS) is 10.3. The molecule has 2 rings (SSSR count). The molecular formula is C10H6BrN3O4. The summed E-state index contributed by atoms with van der Waals surface area (Å²) >= 11 is 3.08. The number of rotatable bonds is 3. The third kappa shape index (κ3) is 2.23. The summed E-state index contributed by atoms with van der Waals surface area (Å²) < 4.78 is 1.67. The molecule has 0 radical (unpaired) electrons. The van der Waals surface area contributed by atoms with Gasteiger partial charge in [-0.3, -0.25) is 10.1 Å². The average Bonchev–Trinajstić information content (AvgIpc) is 2.71. The van der Waals surface area contributed by atoms with Crippen LogP contribution in [0, 0.1) is 10.1 Å². The molecule has 0 bridgehead atoms. The monoisotopic (exact) mass is 311 g/mol. The lowest BCUT2D eigenvalue weighted by atomic mass is 10.3. The van der Waals surface area contributed by atoms with Gasteiger partial charge in [0.2, 0.25) is 0 Å². The third-order valence-corrected chi connectivity index (χ3v) is 2.78. The molecule has 2 aromatic rings. The van der Waals surface area contributed by atoms with Crippen LogP contribution in [0.2, 0.25) is 0 Å². The summed E-state index contributed by atoms with van der Waals surface area (Å²) in [7, 11) is 0. The lowest BCUT2D eigenvalue weighted by molar-refractivity contribution is -0.384. The summed E-state index contributed by atoms with van der Waals surface area (Å²) in [6.07, 6.45) is 1.48. The van der Waals surface area contributed by atoms with Gasteiger partial charge in [-0.2, -0.15) is 5.10 Å². The van der Waals surface area contributed by atoms with Gasteiger partial charge in [0.05, 0.1) is 15.1 Å². The Labute approximate surface area is 109 Å². The van der Waals surface area contributed by atoms with Gasteiger partial charge in [-0.25, -0.2) is 9.48 Å². The molecule has 0 amide bonds. The second kappa shape index (κ2) is 4.57. The minimum absolute atomic E-state index is 0.0385. The number of benzene rings is 1. The van der Waals surface area contributed by atoms with Crippen molar-refractivity contribution in [2.45, 2.75) is 0 Å². The Balaban J connectivity index is 2.40. The largest absolute Gasteiger partial charge is 0.476 e. The van der Waals surface area contributed by atoms with E-state index in [4.69, 9.17) is 5.11 Å². The highest BCUT2D eigenvalue weighted by molar-refractivity contribution is 9.10. The fraction of sp³-hybridized carbons (Fsp3) is 0. The van der Waals surface area contributed by atoms with E-state index < -0.39 is 10.9 Å². The Morgan fingerprint density at radius 1 is 1.39 bits per heavy atom. The molecule has 0 unspecified atom stereocenters. The summed E-state index contributed by atoms with van der Waals surface area (Å²) in [6.45, 7) is 0. The first-order chi connectivity index (χ1) is 8.49. The topological polar surface area (TPSA) is 98.3 Å². The quantitative estimate of drug-likeness (QED) is 0.692. The number of carbonyl (C=O) groups is 1. The van der Waals surface area contributed by atoms with Crippen molar-refractivity contribution in [2.24, 2.45) is 0 Å². The van der Waals surface area contributed by atoms with Gasteiger partial charge in [0.25, 0.3) is 5.69 Å². The molecule has 1 N–H and O–H groups in total. The third-order valence-electron chi connectivity index (χ3n) is 2.20. The van der Waals surface area contributed by atoms with Crippen molar-refractivity contribution in [3.05, 3.63) is 50.7 Å². The standard InChI is InChI=1S/C10H6BrN3O4/c11-8-5-13(12-9(8)10(15)16)6-1-3-7(4-2-6)14(17)18/h1-5H,(H,15,16). The minimum atomic E-state index is -1.15. The zero-order chi connectivity index (χ0) is 13.3. The van der Waals surface area contributed by atoms with Crippen LogP contribution in [0.4, 0.5) is 5.69 Å². The Morgan fingerprint density at radius 2 is 2.00 bits per heavy atom. The van der Waals surface area contributed by atoms with Crippen LogP contribution in [-0.2, 0) is 0 Å². The van der Waals surface area contributed by atoms with Crippen LogP contribution in [0.15, 0.2) is 34.9 Å². The molecule has 1 aromatic heterocycles. The van der Waals surface area contributed by atoms with Gasteiger partial charge in [0.15, 0.2) is 5.69 Å². The van der Waals surface area contributed by atoms with Crippen molar-refractivity contribution >= 4 is 27.6 Å². The molecule has 7 nitrogen and oxygen atoms in total. The van der Waals surface area contributed by atoms with Crippen LogP contribution in [0.5, 0.6) is 0 Å². The Bertz CT molecular complexity index is 621. The minimum Gasteiger partial charge on any atom is -0.476 e. The molecule has 0 aliphatic heterocycles. The van der Waals surface area contributed by atoms with E-state index in [1.807, 2.05) is 0 Å². The predicted octanol–water partition coefficient (Wildman–Crippen LogP) is 2.24. The number of carboxylic acids is 1. The molecule has 1 aromatic carbocycles. The molecule has 0 saturated heterocycles.